The van der Waals surface area contributed by atoms with Gasteiger partial charge in [0.05, 0.1) is 28.4 Å². The molecular weight excluding hydrogens is 351 g/mol. The van der Waals surface area contributed by atoms with Crippen molar-refractivity contribution in [3.05, 3.63) is 34.9 Å². The van der Waals surface area contributed by atoms with Gasteiger partial charge >= 0.3 is 7.12 Å². The van der Waals surface area contributed by atoms with E-state index in [-0.39, 0.29) is 22.8 Å². The normalized spacial score (nSPS) is 22.9. The van der Waals surface area contributed by atoms with Crippen molar-refractivity contribution in [2.45, 2.75) is 89.9 Å². The molecular formula is C22H31BN2O3. The van der Waals surface area contributed by atoms with E-state index in [2.05, 4.69) is 4.98 Å². The third kappa shape index (κ3) is 3.53. The van der Waals surface area contributed by atoms with Crippen LogP contribution >= 0.6 is 0 Å². The van der Waals surface area contributed by atoms with Gasteiger partial charge in [0, 0.05) is 6.04 Å². The Balaban J connectivity index is 1.64. The molecule has 2 heterocycles. The van der Waals surface area contributed by atoms with Crippen molar-refractivity contribution < 1.29 is 9.31 Å². The Kier molecular flexibility index (Phi) is 5.13. The van der Waals surface area contributed by atoms with Gasteiger partial charge in [-0.2, -0.15) is 0 Å². The number of hydrogen-bond donors (Lipinski definition) is 0. The molecule has 1 saturated carbocycles. The van der Waals surface area contributed by atoms with Gasteiger partial charge in [-0.15, -0.1) is 0 Å². The van der Waals surface area contributed by atoms with Crippen molar-refractivity contribution in [2.75, 3.05) is 0 Å². The van der Waals surface area contributed by atoms with Gasteiger partial charge in [0.2, 0.25) is 0 Å². The summed E-state index contributed by atoms with van der Waals surface area (Å²) in [5, 5.41) is 0.671. The van der Waals surface area contributed by atoms with Crippen molar-refractivity contribution in [3.63, 3.8) is 0 Å². The highest BCUT2D eigenvalue weighted by Crippen LogP contribution is 2.36. The van der Waals surface area contributed by atoms with Crippen molar-refractivity contribution in [1.29, 1.82) is 0 Å². The lowest BCUT2D eigenvalue weighted by Crippen LogP contribution is -2.41. The molecule has 1 aliphatic heterocycles. The zero-order valence-electron chi connectivity index (χ0n) is 17.5. The first-order chi connectivity index (χ1) is 13.3. The Morgan fingerprint density at radius 3 is 2.25 bits per heavy atom. The van der Waals surface area contributed by atoms with Crippen LogP contribution in [0.1, 0.15) is 78.7 Å². The Labute approximate surface area is 167 Å². The fourth-order valence-corrected chi connectivity index (χ4v) is 4.25. The molecule has 0 N–H and O–H groups in total. The minimum Gasteiger partial charge on any atom is -0.399 e. The molecule has 150 valence electrons. The van der Waals surface area contributed by atoms with Gasteiger partial charge in [-0.05, 0) is 58.1 Å². The van der Waals surface area contributed by atoms with Crippen LogP contribution < -0.4 is 11.0 Å². The van der Waals surface area contributed by atoms with E-state index in [0.717, 1.165) is 18.3 Å². The summed E-state index contributed by atoms with van der Waals surface area (Å²) in [5.74, 6) is 0. The quantitative estimate of drug-likeness (QED) is 0.738. The molecule has 2 aliphatic rings. The highest BCUT2D eigenvalue weighted by Gasteiger charge is 2.51. The second kappa shape index (κ2) is 7.31. The van der Waals surface area contributed by atoms with Gasteiger partial charge in [0.15, 0.2) is 0 Å². The van der Waals surface area contributed by atoms with Crippen molar-refractivity contribution >= 4 is 23.5 Å². The molecule has 28 heavy (non-hydrogen) atoms. The largest absolute Gasteiger partial charge is 0.494 e. The summed E-state index contributed by atoms with van der Waals surface area (Å²) in [5.41, 5.74) is 0.903. The van der Waals surface area contributed by atoms with E-state index in [1.54, 1.807) is 6.33 Å². The van der Waals surface area contributed by atoms with E-state index in [1.807, 2.05) is 50.5 Å². The van der Waals surface area contributed by atoms with Gasteiger partial charge in [-0.3, -0.25) is 9.36 Å². The number of aromatic nitrogens is 2. The first-order valence-corrected chi connectivity index (χ1v) is 10.6. The van der Waals surface area contributed by atoms with E-state index < -0.39 is 7.12 Å². The Morgan fingerprint density at radius 2 is 1.61 bits per heavy atom. The molecule has 0 bridgehead atoms. The van der Waals surface area contributed by atoms with Crippen LogP contribution in [0.4, 0.5) is 0 Å². The molecule has 0 atom stereocenters. The van der Waals surface area contributed by atoms with E-state index in [1.165, 1.54) is 32.1 Å². The van der Waals surface area contributed by atoms with Crippen LogP contribution in [0.25, 0.3) is 10.9 Å². The van der Waals surface area contributed by atoms with E-state index >= 15 is 0 Å². The third-order valence-electron chi connectivity index (χ3n) is 6.80. The molecule has 1 aliphatic carbocycles. The summed E-state index contributed by atoms with van der Waals surface area (Å²) in [6.07, 6.45) is 10.1. The van der Waals surface area contributed by atoms with E-state index in [9.17, 15) is 4.79 Å². The fourth-order valence-electron chi connectivity index (χ4n) is 4.25. The Morgan fingerprint density at radius 1 is 1.00 bits per heavy atom. The predicted molar refractivity (Wildman–Crippen MR) is 113 cm³/mol. The number of rotatable bonds is 2. The lowest BCUT2D eigenvalue weighted by atomic mass is 9.79. The van der Waals surface area contributed by atoms with Crippen LogP contribution in [-0.4, -0.2) is 27.9 Å². The molecule has 2 fully saturated rings. The molecule has 1 saturated heterocycles. The predicted octanol–water partition coefficient (Wildman–Crippen LogP) is 3.98. The monoisotopic (exact) mass is 382 g/mol. The smallest absolute Gasteiger partial charge is 0.399 e. The maximum Gasteiger partial charge on any atom is 0.494 e. The first-order valence-electron chi connectivity index (χ1n) is 10.6. The molecule has 0 amide bonds. The molecule has 0 radical (unpaired) electrons. The van der Waals surface area contributed by atoms with Crippen LogP contribution in [-0.2, 0) is 9.31 Å². The maximum absolute atomic E-state index is 13.1. The molecule has 6 heteroatoms. The molecule has 0 spiro atoms. The lowest BCUT2D eigenvalue weighted by Gasteiger charge is -2.32. The van der Waals surface area contributed by atoms with Crippen molar-refractivity contribution in [3.8, 4) is 0 Å². The number of fused-ring (bicyclic) bond motifs is 1. The van der Waals surface area contributed by atoms with Crippen LogP contribution in [0.15, 0.2) is 29.3 Å². The van der Waals surface area contributed by atoms with Gasteiger partial charge in [0.25, 0.3) is 5.56 Å². The zero-order valence-corrected chi connectivity index (χ0v) is 17.5. The average Bonchev–Trinajstić information content (AvgIpc) is 2.83. The molecule has 2 aromatic rings. The van der Waals surface area contributed by atoms with Gasteiger partial charge in [0.1, 0.15) is 0 Å². The summed E-state index contributed by atoms with van der Waals surface area (Å²) in [7, 11) is -0.441. The summed E-state index contributed by atoms with van der Waals surface area (Å²) < 4.78 is 14.1. The molecule has 5 nitrogen and oxygen atoms in total. The van der Waals surface area contributed by atoms with Crippen LogP contribution in [0, 0.1) is 0 Å². The van der Waals surface area contributed by atoms with Crippen LogP contribution in [0.3, 0.4) is 0 Å². The Hall–Kier alpha value is -1.66. The van der Waals surface area contributed by atoms with E-state index in [4.69, 9.17) is 9.31 Å². The number of benzene rings is 1. The lowest BCUT2D eigenvalue weighted by molar-refractivity contribution is 0.00578. The topological polar surface area (TPSA) is 53.4 Å². The zero-order chi connectivity index (χ0) is 19.9. The summed E-state index contributed by atoms with van der Waals surface area (Å²) in [6, 6.07) is 6.02. The number of nitrogens with zero attached hydrogens (tertiary/aromatic N) is 2. The van der Waals surface area contributed by atoms with E-state index in [0.29, 0.717) is 10.9 Å². The summed E-state index contributed by atoms with van der Waals surface area (Å²) >= 11 is 0. The Bertz CT molecular complexity index is 898. The molecule has 1 aromatic heterocycles. The fraction of sp³-hybridized carbons (Fsp3) is 0.636. The first kappa shape index (κ1) is 19.7. The summed E-state index contributed by atoms with van der Waals surface area (Å²) in [6.45, 7) is 8.17. The SMILES string of the molecule is CC1(C)OB(c2ccc3c(=O)n(C4CCCCCCC4)cnc3c2)OC1(C)C. The second-order valence-electron chi connectivity index (χ2n) is 9.32. The minimum atomic E-state index is -0.441. The maximum atomic E-state index is 13.1. The third-order valence-corrected chi connectivity index (χ3v) is 6.80. The molecule has 0 unspecified atom stereocenters. The van der Waals surface area contributed by atoms with Crippen molar-refractivity contribution in [1.82, 2.24) is 9.55 Å². The van der Waals surface area contributed by atoms with Crippen LogP contribution in [0.2, 0.25) is 0 Å². The highest BCUT2D eigenvalue weighted by molar-refractivity contribution is 6.62. The van der Waals surface area contributed by atoms with Crippen molar-refractivity contribution in [2.24, 2.45) is 0 Å². The molecule has 4 rings (SSSR count). The standard InChI is InChI=1S/C22H31BN2O3/c1-21(2)22(3,4)28-23(27-21)16-12-13-18-19(14-16)24-15-25(20(18)26)17-10-8-6-5-7-9-11-17/h12-15,17H,5-11H2,1-4H3. The van der Waals surface area contributed by atoms with Gasteiger partial charge in [-0.25, -0.2) is 4.98 Å². The van der Waals surface area contributed by atoms with Gasteiger partial charge < -0.3 is 9.31 Å². The minimum absolute atomic E-state index is 0.0658. The second-order valence-corrected chi connectivity index (χ2v) is 9.32. The van der Waals surface area contributed by atoms with Crippen LogP contribution in [0.5, 0.6) is 0 Å². The number of hydrogen-bond acceptors (Lipinski definition) is 4. The highest BCUT2D eigenvalue weighted by atomic mass is 16.7. The summed E-state index contributed by atoms with van der Waals surface area (Å²) in [4.78, 5) is 17.8. The average molecular weight is 382 g/mol. The molecule has 1 aromatic carbocycles. The van der Waals surface area contributed by atoms with Gasteiger partial charge in [-0.1, -0.05) is 38.2 Å².